The molecule has 2 aromatic heterocycles. The van der Waals surface area contributed by atoms with Gasteiger partial charge in [0.05, 0.1) is 19.1 Å². The van der Waals surface area contributed by atoms with Crippen molar-refractivity contribution in [2.24, 2.45) is 5.92 Å². The third-order valence-electron chi connectivity index (χ3n) is 6.09. The van der Waals surface area contributed by atoms with Crippen molar-refractivity contribution in [1.82, 2.24) is 9.97 Å². The second kappa shape index (κ2) is 8.79. The van der Waals surface area contributed by atoms with E-state index in [1.54, 1.807) is 18.4 Å². The van der Waals surface area contributed by atoms with Crippen molar-refractivity contribution in [3.63, 3.8) is 0 Å². The number of nitrogens with one attached hydrogen (secondary N) is 1. The Morgan fingerprint density at radius 1 is 1.16 bits per heavy atom. The van der Waals surface area contributed by atoms with Crippen LogP contribution >= 0.6 is 11.3 Å². The molecule has 4 aromatic rings. The Bertz CT molecular complexity index is 1310. The molecule has 1 aliphatic rings. The smallest absolute Gasteiger partial charge is 0.260 e. The molecule has 1 unspecified atom stereocenters. The molecule has 0 saturated heterocycles. The summed E-state index contributed by atoms with van der Waals surface area (Å²) < 4.78 is 11.5. The van der Waals surface area contributed by atoms with Gasteiger partial charge in [-0.05, 0) is 54.5 Å². The van der Waals surface area contributed by atoms with Crippen LogP contribution in [0.3, 0.4) is 0 Å². The van der Waals surface area contributed by atoms with E-state index < -0.39 is 0 Å². The molecule has 5 nitrogen and oxygen atoms in total. The third kappa shape index (κ3) is 4.02. The van der Waals surface area contributed by atoms with E-state index in [2.05, 4.69) is 24.0 Å². The zero-order valence-electron chi connectivity index (χ0n) is 18.3. The average molecular weight is 447 g/mol. The number of fused-ring (bicyclic) bond motifs is 3. The van der Waals surface area contributed by atoms with Gasteiger partial charge in [-0.25, -0.2) is 4.98 Å². The predicted molar refractivity (Wildman–Crippen MR) is 129 cm³/mol. The summed E-state index contributed by atoms with van der Waals surface area (Å²) in [6.45, 7) is 2.83. The molecule has 0 fully saturated rings. The van der Waals surface area contributed by atoms with Gasteiger partial charge in [0.15, 0.2) is 11.5 Å². The molecule has 0 aliphatic heterocycles. The lowest BCUT2D eigenvalue weighted by molar-refractivity contribution is 0.298. The second-order valence-electron chi connectivity index (χ2n) is 8.40. The Morgan fingerprint density at radius 2 is 2.00 bits per heavy atom. The van der Waals surface area contributed by atoms with E-state index >= 15 is 0 Å². The van der Waals surface area contributed by atoms with Crippen molar-refractivity contribution in [1.29, 1.82) is 0 Å². The Labute approximate surface area is 191 Å². The fraction of sp³-hybridized carbons (Fsp3) is 0.308. The van der Waals surface area contributed by atoms with Crippen LogP contribution in [0, 0.1) is 5.92 Å². The molecule has 5 rings (SSSR count). The number of aromatic nitrogens is 2. The monoisotopic (exact) mass is 446 g/mol. The molecule has 1 atom stereocenters. The minimum atomic E-state index is -0.0563. The minimum Gasteiger partial charge on any atom is -0.493 e. The van der Waals surface area contributed by atoms with Crippen LogP contribution in [-0.4, -0.2) is 23.7 Å². The van der Waals surface area contributed by atoms with Crippen molar-refractivity contribution in [2.45, 2.75) is 32.6 Å². The molecule has 1 aliphatic carbocycles. The van der Waals surface area contributed by atoms with Crippen molar-refractivity contribution in [3.05, 3.63) is 74.9 Å². The van der Waals surface area contributed by atoms with Crippen LogP contribution in [0.2, 0.25) is 0 Å². The molecule has 0 spiro atoms. The fourth-order valence-corrected chi connectivity index (χ4v) is 5.73. The summed E-state index contributed by atoms with van der Waals surface area (Å²) in [5.74, 6) is 2.52. The molecular weight excluding hydrogens is 420 g/mol. The van der Waals surface area contributed by atoms with Crippen LogP contribution in [0.4, 0.5) is 0 Å². The maximum atomic E-state index is 12.9. The van der Waals surface area contributed by atoms with E-state index in [4.69, 9.17) is 14.5 Å². The zero-order chi connectivity index (χ0) is 22.1. The zero-order valence-corrected chi connectivity index (χ0v) is 19.1. The van der Waals surface area contributed by atoms with E-state index in [-0.39, 0.29) is 5.56 Å². The number of hydrogen-bond donors (Lipinski definition) is 1. The molecule has 0 saturated carbocycles. The van der Waals surface area contributed by atoms with Crippen LogP contribution in [0.25, 0.3) is 21.6 Å². The molecule has 0 bridgehead atoms. The first-order chi connectivity index (χ1) is 15.6. The number of ether oxygens (including phenoxy) is 2. The molecule has 0 radical (unpaired) electrons. The van der Waals surface area contributed by atoms with Gasteiger partial charge in [0, 0.05) is 16.9 Å². The van der Waals surface area contributed by atoms with Gasteiger partial charge in [0.2, 0.25) is 0 Å². The van der Waals surface area contributed by atoms with Crippen LogP contribution in [0.5, 0.6) is 11.5 Å². The van der Waals surface area contributed by atoms with Gasteiger partial charge in [-0.15, -0.1) is 11.3 Å². The molecule has 6 heteroatoms. The number of benzene rings is 2. The highest BCUT2D eigenvalue weighted by Crippen LogP contribution is 2.37. The lowest BCUT2D eigenvalue weighted by Crippen LogP contribution is -2.13. The highest BCUT2D eigenvalue weighted by atomic mass is 32.1. The number of rotatable bonds is 6. The minimum absolute atomic E-state index is 0.0563. The summed E-state index contributed by atoms with van der Waals surface area (Å²) in [4.78, 5) is 22.9. The summed E-state index contributed by atoms with van der Waals surface area (Å²) in [6.07, 6.45) is 3.94. The summed E-state index contributed by atoms with van der Waals surface area (Å²) in [6, 6.07) is 15.9. The molecule has 164 valence electrons. The van der Waals surface area contributed by atoms with Crippen LogP contribution < -0.4 is 15.0 Å². The summed E-state index contributed by atoms with van der Waals surface area (Å²) in [7, 11) is 1.62. The maximum absolute atomic E-state index is 12.9. The van der Waals surface area contributed by atoms with E-state index in [0.717, 1.165) is 41.5 Å². The van der Waals surface area contributed by atoms with Gasteiger partial charge < -0.3 is 14.5 Å². The molecule has 2 aromatic carbocycles. The molecular formula is C26H26N2O3S. The molecule has 1 N–H and O–H groups in total. The van der Waals surface area contributed by atoms with Crippen molar-refractivity contribution in [3.8, 4) is 22.9 Å². The van der Waals surface area contributed by atoms with Gasteiger partial charge in [-0.2, -0.15) is 0 Å². The number of aryl methyl sites for hydroxylation is 1. The number of methoxy groups -OCH3 is 1. The standard InChI is InChI=1S/C26H26N2O3S/c1-16-8-10-19-22(14-16)32-26-23(19)25(29)27-24(28-26)18-9-11-20(21(15-18)30-2)31-13-12-17-6-4-3-5-7-17/h3-7,9,11,15-16H,8,10,12-14H2,1-2H3,(H,27,28,29). The SMILES string of the molecule is COc1cc(-c2nc3sc4c(c3c(=O)[nH]2)CCC(C)C4)ccc1OCCc1ccccc1. The van der Waals surface area contributed by atoms with E-state index in [9.17, 15) is 4.79 Å². The Hall–Kier alpha value is -3.12. The van der Waals surface area contributed by atoms with E-state index in [1.165, 1.54) is 16.0 Å². The average Bonchev–Trinajstić information content (AvgIpc) is 3.17. The first-order valence-corrected chi connectivity index (χ1v) is 11.8. The fourth-order valence-electron chi connectivity index (χ4n) is 4.34. The molecule has 2 heterocycles. The largest absolute Gasteiger partial charge is 0.493 e. The predicted octanol–water partition coefficient (Wildman–Crippen LogP) is 5.41. The molecule has 32 heavy (non-hydrogen) atoms. The van der Waals surface area contributed by atoms with Gasteiger partial charge in [-0.1, -0.05) is 37.3 Å². The summed E-state index contributed by atoms with van der Waals surface area (Å²) >= 11 is 1.66. The number of nitrogens with zero attached hydrogens (tertiary/aromatic N) is 1. The van der Waals surface area contributed by atoms with Crippen molar-refractivity contribution < 1.29 is 9.47 Å². The lowest BCUT2D eigenvalue weighted by atomic mass is 9.89. The van der Waals surface area contributed by atoms with Crippen LogP contribution in [-0.2, 0) is 19.3 Å². The first-order valence-electron chi connectivity index (χ1n) is 11.0. The Morgan fingerprint density at radius 3 is 2.81 bits per heavy atom. The first kappa shape index (κ1) is 20.8. The highest BCUT2D eigenvalue weighted by molar-refractivity contribution is 7.18. The van der Waals surface area contributed by atoms with E-state index in [1.807, 2.05) is 36.4 Å². The lowest BCUT2D eigenvalue weighted by Gasteiger charge is -2.17. The highest BCUT2D eigenvalue weighted by Gasteiger charge is 2.23. The Balaban J connectivity index is 1.41. The topological polar surface area (TPSA) is 64.2 Å². The Kier molecular flexibility index (Phi) is 5.70. The molecule has 0 amide bonds. The van der Waals surface area contributed by atoms with Crippen molar-refractivity contribution >= 4 is 21.6 Å². The number of hydrogen-bond acceptors (Lipinski definition) is 5. The number of aromatic amines is 1. The quantitative estimate of drug-likeness (QED) is 0.430. The van der Waals surface area contributed by atoms with Gasteiger partial charge in [-0.3, -0.25) is 4.79 Å². The van der Waals surface area contributed by atoms with Gasteiger partial charge in [0.25, 0.3) is 5.56 Å². The van der Waals surface area contributed by atoms with Gasteiger partial charge in [0.1, 0.15) is 10.7 Å². The second-order valence-corrected chi connectivity index (χ2v) is 9.48. The normalized spacial score (nSPS) is 15.5. The van der Waals surface area contributed by atoms with Crippen molar-refractivity contribution in [2.75, 3.05) is 13.7 Å². The third-order valence-corrected chi connectivity index (χ3v) is 7.24. The maximum Gasteiger partial charge on any atom is 0.260 e. The number of thiophene rings is 1. The number of H-pyrrole nitrogens is 1. The summed E-state index contributed by atoms with van der Waals surface area (Å²) in [5, 5.41) is 0.772. The van der Waals surface area contributed by atoms with Crippen LogP contribution in [0.1, 0.15) is 29.3 Å². The van der Waals surface area contributed by atoms with Crippen LogP contribution in [0.15, 0.2) is 53.3 Å². The van der Waals surface area contributed by atoms with E-state index in [0.29, 0.717) is 29.8 Å². The van der Waals surface area contributed by atoms with Gasteiger partial charge >= 0.3 is 0 Å². The summed E-state index contributed by atoms with van der Waals surface area (Å²) in [5.41, 5.74) is 3.17.